The number of carbonyl (C=O) groups excluding carboxylic acids is 5. The molecule has 0 N–H and O–H groups in total. The molecule has 0 amide bonds. The molecule has 1 aromatic rings. The molecule has 2 unspecified atom stereocenters. The van der Waals surface area contributed by atoms with Crippen molar-refractivity contribution in [2.45, 2.75) is 83.5 Å². The molecule has 240 valence electrons. The number of rotatable bonds is 8. The number of benzene rings is 1. The van der Waals surface area contributed by atoms with Gasteiger partial charge in [-0.25, -0.2) is 29.9 Å². The molecule has 0 saturated heterocycles. The van der Waals surface area contributed by atoms with E-state index >= 15 is 0 Å². The Bertz CT molecular complexity index is 1550. The third kappa shape index (κ3) is 8.72. The smallest absolute Gasteiger partial charge is 0.325 e. The van der Waals surface area contributed by atoms with E-state index in [4.69, 9.17) is 17.7 Å². The zero-order chi connectivity index (χ0) is 33.7. The van der Waals surface area contributed by atoms with Crippen LogP contribution in [0.4, 0.5) is 0 Å². The van der Waals surface area contributed by atoms with Gasteiger partial charge in [0.25, 0.3) is 0 Å². The average molecular weight is 694 g/mol. The summed E-state index contributed by atoms with van der Waals surface area (Å²) >= 11 is 0. The van der Waals surface area contributed by atoms with Crippen molar-refractivity contribution in [1.82, 2.24) is 0 Å². The largest absolute Gasteiger partial charge is 0.799 e. The lowest BCUT2D eigenvalue weighted by Crippen LogP contribution is -2.37. The monoisotopic (exact) mass is 693 g/mol. The van der Waals surface area contributed by atoms with Crippen molar-refractivity contribution < 1.29 is 46.2 Å². The average Bonchev–Trinajstić information content (AvgIpc) is 2.81. The fourth-order valence-electron chi connectivity index (χ4n) is 4.26. The third-order valence-corrected chi connectivity index (χ3v) is 10.5. The molecule has 1 aliphatic carbocycles. The highest BCUT2D eigenvalue weighted by Gasteiger charge is 2.40. The molecule has 2 atom stereocenters. The lowest BCUT2D eigenvalue weighted by molar-refractivity contribution is -0.134. The fourth-order valence-corrected chi connectivity index (χ4v) is 8.39. The molecule has 0 spiro atoms. The van der Waals surface area contributed by atoms with E-state index in [0.29, 0.717) is 0 Å². The zero-order valence-electron chi connectivity index (χ0n) is 27.4. The number of hydrogen-bond donors (Lipinski definition) is 0. The SMILES string of the molecule is C[Si](C)(C)OC(=O)C1=CC2=S([O-])c3cc(C(=O)O[Si](C)(C)C)c(C(=O)O[Si](C)(C)C)cc3C(=O)C2C=C1C(=O)O[Si](C)(C)C. The summed E-state index contributed by atoms with van der Waals surface area (Å²) < 4.78 is 36.7. The van der Waals surface area contributed by atoms with Gasteiger partial charge in [0.2, 0.25) is 33.3 Å². The summed E-state index contributed by atoms with van der Waals surface area (Å²) in [5, 5.41) is 0. The lowest BCUT2D eigenvalue weighted by atomic mass is 9.84. The van der Waals surface area contributed by atoms with Gasteiger partial charge < -0.3 is 22.3 Å². The first-order chi connectivity index (χ1) is 19.8. The van der Waals surface area contributed by atoms with E-state index in [1.165, 1.54) is 24.3 Å². The van der Waals surface area contributed by atoms with Gasteiger partial charge in [-0.2, -0.15) is 0 Å². The maximum Gasteiger partial charge on any atom is 0.325 e. The second-order valence-electron chi connectivity index (χ2n) is 14.6. The maximum absolute atomic E-state index is 14.1. The molecule has 3 rings (SSSR count). The maximum atomic E-state index is 14.1. The van der Waals surface area contributed by atoms with Crippen LogP contribution in [0, 0.1) is 5.92 Å². The number of carbonyl (C=O) groups is 5. The molecule has 0 fully saturated rings. The topological polar surface area (TPSA) is 145 Å². The molecule has 1 aliphatic heterocycles. The Labute approximate surface area is 265 Å². The van der Waals surface area contributed by atoms with Crippen molar-refractivity contribution >= 4 is 78.6 Å². The number of hydrogen-bond acceptors (Lipinski definition) is 10. The van der Waals surface area contributed by atoms with E-state index < -0.39 is 79.6 Å². The van der Waals surface area contributed by atoms with Crippen molar-refractivity contribution in [1.29, 1.82) is 0 Å². The molecule has 0 aromatic heterocycles. The van der Waals surface area contributed by atoms with Gasteiger partial charge in [0, 0.05) is 10.5 Å². The second-order valence-corrected chi connectivity index (χ2v) is 33.7. The van der Waals surface area contributed by atoms with Gasteiger partial charge in [-0.15, -0.1) is 0 Å². The molecule has 44 heavy (non-hydrogen) atoms. The van der Waals surface area contributed by atoms with Crippen LogP contribution in [0.3, 0.4) is 0 Å². The number of Topliss-reactive ketones (excluding diaryl/α,β-unsaturated/α-hetero) is 1. The highest BCUT2D eigenvalue weighted by Crippen LogP contribution is 2.42. The molecule has 0 saturated carbocycles. The summed E-state index contributed by atoms with van der Waals surface area (Å²) in [6.07, 6.45) is 2.55. The van der Waals surface area contributed by atoms with Gasteiger partial charge in [-0.1, -0.05) is 6.08 Å². The van der Waals surface area contributed by atoms with E-state index in [-0.39, 0.29) is 37.6 Å². The van der Waals surface area contributed by atoms with Crippen LogP contribution in [-0.4, -0.2) is 72.3 Å². The normalized spacial score (nSPS) is 18.8. The molecular formula is C29H41O10SSi4-. The Kier molecular flexibility index (Phi) is 9.95. The van der Waals surface area contributed by atoms with Crippen LogP contribution in [0.5, 0.6) is 0 Å². The quantitative estimate of drug-likeness (QED) is 0.234. The van der Waals surface area contributed by atoms with Crippen LogP contribution < -0.4 is 0 Å². The van der Waals surface area contributed by atoms with Crippen LogP contribution in [0.1, 0.15) is 31.1 Å². The molecule has 0 radical (unpaired) electrons. The Morgan fingerprint density at radius 2 is 1.02 bits per heavy atom. The Balaban J connectivity index is 2.30. The Hall–Kier alpha value is -2.70. The molecule has 2 aliphatic rings. The lowest BCUT2D eigenvalue weighted by Gasteiger charge is -2.35. The molecule has 0 bridgehead atoms. The summed E-state index contributed by atoms with van der Waals surface area (Å²) in [6, 6.07) is 2.46. The van der Waals surface area contributed by atoms with E-state index in [1.54, 1.807) is 78.6 Å². The number of ketones is 1. The first-order valence-electron chi connectivity index (χ1n) is 14.2. The molecule has 10 nitrogen and oxygen atoms in total. The van der Waals surface area contributed by atoms with E-state index in [0.717, 1.165) is 0 Å². The molecule has 1 heterocycles. The van der Waals surface area contributed by atoms with Crippen LogP contribution in [0.2, 0.25) is 78.6 Å². The van der Waals surface area contributed by atoms with Gasteiger partial charge in [0.05, 0.1) is 28.2 Å². The van der Waals surface area contributed by atoms with Crippen molar-refractivity contribution in [3.63, 3.8) is 0 Å². The minimum atomic E-state index is -2.43. The van der Waals surface area contributed by atoms with Crippen molar-refractivity contribution in [3.05, 3.63) is 52.1 Å². The minimum Gasteiger partial charge on any atom is -0.799 e. The van der Waals surface area contributed by atoms with E-state index in [1.807, 2.05) is 0 Å². The van der Waals surface area contributed by atoms with Gasteiger partial charge >= 0.3 is 23.9 Å². The summed E-state index contributed by atoms with van der Waals surface area (Å²) in [5.41, 5.74) is -0.689. The van der Waals surface area contributed by atoms with Crippen molar-refractivity contribution in [2.24, 2.45) is 5.92 Å². The first kappa shape index (κ1) is 35.8. The standard InChI is InChI=1S/C29H42O10SSi4/c1-41(2,3)36-26(31)17-13-21-23(15-19(17)28(33)38-43(7,8)9)40(35)24-16-20(29(34)39-44(10,11)12)18(14-22(24)25(21)30)27(32)37-42(4,5)6/h13-16,21H,1-12H3,(H,33,35)/p-1. The van der Waals surface area contributed by atoms with Gasteiger partial charge in [0.15, 0.2) is 5.78 Å². The number of allylic oxidation sites excluding steroid dienone is 2. The van der Waals surface area contributed by atoms with Crippen LogP contribution in [0.15, 0.2) is 40.3 Å². The van der Waals surface area contributed by atoms with E-state index in [2.05, 4.69) is 0 Å². The predicted octanol–water partition coefficient (Wildman–Crippen LogP) is 6.04. The highest BCUT2D eigenvalue weighted by atomic mass is 32.2. The van der Waals surface area contributed by atoms with Crippen LogP contribution in [-0.2, 0) is 27.3 Å². The van der Waals surface area contributed by atoms with Crippen LogP contribution >= 0.6 is 10.8 Å². The molecule has 1 aromatic carbocycles. The second kappa shape index (κ2) is 12.2. The summed E-state index contributed by atoms with van der Waals surface area (Å²) in [4.78, 5) is 67.3. The minimum absolute atomic E-state index is 0.0102. The molecular weight excluding hydrogens is 653 g/mol. The summed E-state index contributed by atoms with van der Waals surface area (Å²) in [7, 11) is -11.8. The van der Waals surface area contributed by atoms with Gasteiger partial charge in [0.1, 0.15) is 0 Å². The third-order valence-electron chi connectivity index (χ3n) is 5.77. The first-order valence-corrected chi connectivity index (χ1v) is 28.9. The van der Waals surface area contributed by atoms with E-state index in [9.17, 15) is 28.5 Å². The predicted molar refractivity (Wildman–Crippen MR) is 178 cm³/mol. The summed E-state index contributed by atoms with van der Waals surface area (Å²) in [5.74, 6) is -4.90. The van der Waals surface area contributed by atoms with Gasteiger partial charge in [-0.05, 0) is 102 Å². The highest BCUT2D eigenvalue weighted by molar-refractivity contribution is 8.11. The fraction of sp³-hybridized carbons (Fsp3) is 0.448. The van der Waals surface area contributed by atoms with Crippen LogP contribution in [0.25, 0.3) is 0 Å². The Morgan fingerprint density at radius 3 is 1.45 bits per heavy atom. The van der Waals surface area contributed by atoms with Crippen molar-refractivity contribution in [3.8, 4) is 0 Å². The van der Waals surface area contributed by atoms with Gasteiger partial charge in [-0.3, -0.25) is 4.79 Å². The number of fused-ring (bicyclic) bond motifs is 2. The summed E-state index contributed by atoms with van der Waals surface area (Å²) in [6.45, 7) is 21.6. The molecule has 15 heteroatoms. The Morgan fingerprint density at radius 1 is 0.636 bits per heavy atom. The zero-order valence-corrected chi connectivity index (χ0v) is 32.2. The van der Waals surface area contributed by atoms with Crippen molar-refractivity contribution in [2.75, 3.05) is 0 Å².